The molecule has 1 aliphatic heterocycles. The number of benzene rings is 1. The minimum absolute atomic E-state index is 0.0885. The van der Waals surface area contributed by atoms with Gasteiger partial charge in [0.05, 0.1) is 5.88 Å². The Bertz CT molecular complexity index is 620. The monoisotopic (exact) mass is 399 g/mol. The van der Waals surface area contributed by atoms with E-state index in [1.807, 2.05) is 0 Å². The van der Waals surface area contributed by atoms with E-state index in [-0.39, 0.29) is 22.4 Å². The molecule has 0 atom stereocenters. The van der Waals surface area contributed by atoms with E-state index in [4.69, 9.17) is 16.3 Å². The Morgan fingerprint density at radius 2 is 2.05 bits per heavy atom. The van der Waals surface area contributed by atoms with Crippen molar-refractivity contribution >= 4 is 37.6 Å². The minimum atomic E-state index is -3.91. The summed E-state index contributed by atoms with van der Waals surface area (Å²) in [6, 6.07) is 2.58. The van der Waals surface area contributed by atoms with Gasteiger partial charge in [-0.25, -0.2) is 12.8 Å². The molecule has 0 unspecified atom stereocenters. The molecule has 8 heteroatoms. The Labute approximate surface area is 137 Å². The molecule has 0 spiro atoms. The van der Waals surface area contributed by atoms with Crippen molar-refractivity contribution in [2.45, 2.75) is 29.7 Å². The van der Waals surface area contributed by atoms with E-state index in [9.17, 15) is 12.8 Å². The number of hydrogen-bond acceptors (Lipinski definition) is 3. The number of halogens is 3. The smallest absolute Gasteiger partial charge is 0.246 e. The number of nitrogens with zero attached hydrogens (tertiary/aromatic N) is 1. The van der Waals surface area contributed by atoms with Gasteiger partial charge in [0.2, 0.25) is 10.0 Å². The highest BCUT2D eigenvalue weighted by Crippen LogP contribution is 2.29. The van der Waals surface area contributed by atoms with Crippen molar-refractivity contribution < 1.29 is 17.5 Å². The highest BCUT2D eigenvalue weighted by molar-refractivity contribution is 9.10. The van der Waals surface area contributed by atoms with Crippen LogP contribution in [0.4, 0.5) is 4.39 Å². The number of sulfonamides is 1. The van der Waals surface area contributed by atoms with Gasteiger partial charge in [0.1, 0.15) is 10.7 Å². The summed E-state index contributed by atoms with van der Waals surface area (Å²) >= 11 is 8.87. The fourth-order valence-corrected chi connectivity index (χ4v) is 4.70. The summed E-state index contributed by atoms with van der Waals surface area (Å²) in [5.74, 6) is -0.874. The largest absolute Gasteiger partial charge is 0.381 e. The van der Waals surface area contributed by atoms with Crippen LogP contribution in [0, 0.1) is 5.82 Å². The first-order valence-corrected chi connectivity index (χ1v) is 9.24. The van der Waals surface area contributed by atoms with Crippen molar-refractivity contribution in [3.05, 3.63) is 28.0 Å². The molecule has 0 N–H and O–H groups in total. The van der Waals surface area contributed by atoms with Gasteiger partial charge >= 0.3 is 0 Å². The van der Waals surface area contributed by atoms with Crippen molar-refractivity contribution in [2.75, 3.05) is 20.3 Å². The van der Waals surface area contributed by atoms with E-state index in [0.29, 0.717) is 30.5 Å². The first-order valence-electron chi connectivity index (χ1n) is 6.47. The van der Waals surface area contributed by atoms with Crippen molar-refractivity contribution in [3.8, 4) is 0 Å². The molecule has 1 heterocycles. The fourth-order valence-electron chi connectivity index (χ4n) is 2.30. The Kier molecular flexibility index (Phi) is 5.65. The molecule has 1 saturated heterocycles. The van der Waals surface area contributed by atoms with Crippen LogP contribution in [0.25, 0.3) is 0 Å². The molecule has 1 aliphatic rings. The van der Waals surface area contributed by atoms with Crippen LogP contribution in [0.5, 0.6) is 0 Å². The molecule has 0 amide bonds. The summed E-state index contributed by atoms with van der Waals surface area (Å²) in [7, 11) is -2.43. The van der Waals surface area contributed by atoms with Crippen LogP contribution >= 0.6 is 27.5 Å². The van der Waals surface area contributed by atoms with Crippen LogP contribution < -0.4 is 0 Å². The van der Waals surface area contributed by atoms with Gasteiger partial charge in [0.15, 0.2) is 0 Å². The van der Waals surface area contributed by atoms with Crippen molar-refractivity contribution in [1.82, 2.24) is 4.31 Å². The molecule has 0 saturated carbocycles. The van der Waals surface area contributed by atoms with Crippen LogP contribution in [0.1, 0.15) is 18.4 Å². The van der Waals surface area contributed by atoms with Crippen LogP contribution in [0.3, 0.4) is 0 Å². The molecular formula is C13H16BrClFNO3S. The summed E-state index contributed by atoms with van der Waals surface area (Å²) in [4.78, 5) is -0.346. The average Bonchev–Trinajstić information content (AvgIpc) is 2.49. The van der Waals surface area contributed by atoms with Crippen molar-refractivity contribution in [3.63, 3.8) is 0 Å². The summed E-state index contributed by atoms with van der Waals surface area (Å²) in [5, 5.41) is 0. The maximum absolute atomic E-state index is 14.3. The molecule has 0 aliphatic carbocycles. The van der Waals surface area contributed by atoms with Gasteiger partial charge in [-0.15, -0.1) is 11.6 Å². The number of alkyl halides is 1. The number of rotatable bonds is 4. The van der Waals surface area contributed by atoms with E-state index in [2.05, 4.69) is 15.9 Å². The van der Waals surface area contributed by atoms with Crippen LogP contribution in [0.2, 0.25) is 0 Å². The first-order chi connectivity index (χ1) is 9.87. The predicted octanol–water partition coefficient (Wildman–Crippen LogP) is 3.13. The molecule has 1 aromatic rings. The topological polar surface area (TPSA) is 46.6 Å². The minimum Gasteiger partial charge on any atom is -0.381 e. The zero-order chi connectivity index (χ0) is 15.6. The van der Waals surface area contributed by atoms with E-state index >= 15 is 0 Å². The maximum Gasteiger partial charge on any atom is 0.246 e. The highest BCUT2D eigenvalue weighted by atomic mass is 79.9. The lowest BCUT2D eigenvalue weighted by atomic mass is 10.1. The first kappa shape index (κ1) is 17.1. The molecule has 0 bridgehead atoms. The lowest BCUT2D eigenvalue weighted by Gasteiger charge is -2.30. The Morgan fingerprint density at radius 3 is 2.62 bits per heavy atom. The average molecular weight is 401 g/mol. The van der Waals surface area contributed by atoms with Gasteiger partial charge in [-0.1, -0.05) is 15.9 Å². The van der Waals surface area contributed by atoms with Gasteiger partial charge in [-0.3, -0.25) is 0 Å². The Morgan fingerprint density at radius 1 is 1.43 bits per heavy atom. The van der Waals surface area contributed by atoms with Gasteiger partial charge in [-0.05, 0) is 25.0 Å². The maximum atomic E-state index is 14.3. The lowest BCUT2D eigenvalue weighted by Crippen LogP contribution is -2.40. The molecule has 1 aromatic carbocycles. The Hall–Kier alpha value is -0.210. The summed E-state index contributed by atoms with van der Waals surface area (Å²) < 4.78 is 46.6. The molecule has 0 radical (unpaired) electrons. The van der Waals surface area contributed by atoms with Gasteiger partial charge in [0, 0.05) is 36.3 Å². The predicted molar refractivity (Wildman–Crippen MR) is 82.4 cm³/mol. The summed E-state index contributed by atoms with van der Waals surface area (Å²) in [6.07, 6.45) is 1.21. The standard InChI is InChI=1S/C13H16BrClFNO3S/c1-17(11-2-4-20-5-3-11)21(18,19)12-7-10(14)6-9(8-15)13(12)16/h6-7,11H,2-5,8H2,1H3. The lowest BCUT2D eigenvalue weighted by molar-refractivity contribution is 0.0631. The quantitative estimate of drug-likeness (QED) is 0.730. The van der Waals surface area contributed by atoms with Crippen molar-refractivity contribution in [2.24, 2.45) is 0 Å². The van der Waals surface area contributed by atoms with Gasteiger partial charge < -0.3 is 4.74 Å². The third-order valence-corrected chi connectivity index (χ3v) is 6.24. The molecule has 2 rings (SSSR count). The highest BCUT2D eigenvalue weighted by Gasteiger charge is 2.32. The van der Waals surface area contributed by atoms with Gasteiger partial charge in [0.25, 0.3) is 0 Å². The SMILES string of the molecule is CN(C1CCOCC1)S(=O)(=O)c1cc(Br)cc(CCl)c1F. The zero-order valence-electron chi connectivity index (χ0n) is 11.5. The van der Waals surface area contributed by atoms with Crippen LogP contribution in [0.15, 0.2) is 21.5 Å². The third kappa shape index (κ3) is 3.59. The van der Waals surface area contributed by atoms with Crippen LogP contribution in [-0.2, 0) is 20.6 Å². The summed E-state index contributed by atoms with van der Waals surface area (Å²) in [6.45, 7) is 1.02. The molecule has 118 valence electrons. The number of ether oxygens (including phenoxy) is 1. The fraction of sp³-hybridized carbons (Fsp3) is 0.538. The second-order valence-corrected chi connectivity index (χ2v) is 8.02. The number of hydrogen-bond donors (Lipinski definition) is 0. The molecule has 0 aromatic heterocycles. The van der Waals surface area contributed by atoms with E-state index < -0.39 is 15.8 Å². The van der Waals surface area contributed by atoms with E-state index in [0.717, 1.165) is 0 Å². The molecule has 4 nitrogen and oxygen atoms in total. The second-order valence-electron chi connectivity index (χ2n) is 4.88. The van der Waals surface area contributed by atoms with E-state index in [1.165, 1.54) is 23.5 Å². The third-order valence-electron chi connectivity index (χ3n) is 3.59. The summed E-state index contributed by atoms with van der Waals surface area (Å²) in [5.41, 5.74) is 0.157. The normalized spacial score (nSPS) is 17.4. The second kappa shape index (κ2) is 6.91. The Balaban J connectivity index is 2.41. The van der Waals surface area contributed by atoms with Gasteiger partial charge in [-0.2, -0.15) is 4.31 Å². The van der Waals surface area contributed by atoms with Crippen molar-refractivity contribution in [1.29, 1.82) is 0 Å². The molecular weight excluding hydrogens is 385 g/mol. The van der Waals surface area contributed by atoms with E-state index in [1.54, 1.807) is 0 Å². The zero-order valence-corrected chi connectivity index (χ0v) is 14.6. The van der Waals surface area contributed by atoms with Crippen LogP contribution in [-0.4, -0.2) is 39.0 Å². The molecule has 1 fully saturated rings. The molecule has 21 heavy (non-hydrogen) atoms.